The van der Waals surface area contributed by atoms with Crippen molar-refractivity contribution in [1.29, 1.82) is 0 Å². The molecule has 0 spiro atoms. The zero-order valence-corrected chi connectivity index (χ0v) is 13.0. The van der Waals surface area contributed by atoms with Crippen LogP contribution in [0.1, 0.15) is 12.3 Å². The molecule has 0 atom stereocenters. The van der Waals surface area contributed by atoms with E-state index in [1.807, 2.05) is 0 Å². The number of piperazine rings is 1. The van der Waals surface area contributed by atoms with Crippen molar-refractivity contribution >= 4 is 12.3 Å². The molecule has 1 aromatic heterocycles. The highest BCUT2D eigenvalue weighted by atomic mass is 19.1. The molecule has 2 aromatic rings. The van der Waals surface area contributed by atoms with Gasteiger partial charge in [0.05, 0.1) is 5.56 Å². The van der Waals surface area contributed by atoms with Crippen LogP contribution in [-0.4, -0.2) is 58.4 Å². The van der Waals surface area contributed by atoms with Crippen LogP contribution in [0.4, 0.5) is 4.39 Å². The van der Waals surface area contributed by atoms with Gasteiger partial charge in [0, 0.05) is 39.0 Å². The molecule has 2 heterocycles. The Balaban J connectivity index is 1.55. The Morgan fingerprint density at radius 1 is 1.25 bits per heavy atom. The summed E-state index contributed by atoms with van der Waals surface area (Å²) in [6.45, 7) is 2.16. The Bertz CT molecular complexity index is 726. The maximum atomic E-state index is 13.7. The van der Waals surface area contributed by atoms with Gasteiger partial charge in [0.15, 0.2) is 0 Å². The number of nitrogens with zero attached hydrogens (tertiary/aromatic N) is 4. The monoisotopic (exact) mass is 332 g/mol. The van der Waals surface area contributed by atoms with Crippen LogP contribution in [0.25, 0.3) is 11.4 Å². The number of hydrogen-bond donors (Lipinski definition) is 0. The van der Waals surface area contributed by atoms with Crippen LogP contribution in [0, 0.1) is 5.82 Å². The first kappa shape index (κ1) is 16.1. The normalized spacial score (nSPS) is 14.7. The largest absolute Gasteiger partial charge is 0.342 e. The number of amides is 2. The zero-order chi connectivity index (χ0) is 16.9. The van der Waals surface area contributed by atoms with Crippen LogP contribution in [0.15, 0.2) is 28.8 Å². The third kappa shape index (κ3) is 3.58. The van der Waals surface area contributed by atoms with Gasteiger partial charge in [0.2, 0.25) is 24.0 Å². The maximum Gasteiger partial charge on any atom is 0.227 e. The first-order chi connectivity index (χ1) is 11.7. The molecule has 8 heteroatoms. The van der Waals surface area contributed by atoms with Gasteiger partial charge >= 0.3 is 0 Å². The first-order valence-electron chi connectivity index (χ1n) is 7.72. The zero-order valence-electron chi connectivity index (χ0n) is 13.0. The van der Waals surface area contributed by atoms with E-state index in [9.17, 15) is 14.0 Å². The minimum atomic E-state index is -0.422. The number of halogens is 1. The van der Waals surface area contributed by atoms with E-state index in [4.69, 9.17) is 4.52 Å². The molecule has 2 amide bonds. The lowest BCUT2D eigenvalue weighted by molar-refractivity contribution is -0.135. The fraction of sp³-hybridized carbons (Fsp3) is 0.375. The van der Waals surface area contributed by atoms with E-state index in [-0.39, 0.29) is 23.7 Å². The molecular formula is C16H17FN4O3. The van der Waals surface area contributed by atoms with E-state index in [1.165, 1.54) is 6.07 Å². The van der Waals surface area contributed by atoms with Gasteiger partial charge < -0.3 is 14.3 Å². The van der Waals surface area contributed by atoms with Crippen LogP contribution in [-0.2, 0) is 16.0 Å². The Labute approximate surface area is 138 Å². The molecule has 0 aliphatic carbocycles. The van der Waals surface area contributed by atoms with Gasteiger partial charge in [-0.3, -0.25) is 9.59 Å². The second kappa shape index (κ2) is 7.20. The van der Waals surface area contributed by atoms with Crippen molar-refractivity contribution in [2.75, 3.05) is 26.2 Å². The van der Waals surface area contributed by atoms with Crippen molar-refractivity contribution < 1.29 is 18.5 Å². The van der Waals surface area contributed by atoms with Gasteiger partial charge in [-0.15, -0.1) is 0 Å². The number of benzene rings is 1. The number of rotatable bonds is 5. The number of carbonyl (C=O) groups is 2. The fourth-order valence-corrected chi connectivity index (χ4v) is 2.56. The van der Waals surface area contributed by atoms with Crippen molar-refractivity contribution in [2.45, 2.75) is 12.8 Å². The van der Waals surface area contributed by atoms with E-state index in [0.29, 0.717) is 38.5 Å². The lowest BCUT2D eigenvalue weighted by Gasteiger charge is -2.32. The molecular weight excluding hydrogens is 315 g/mol. The highest BCUT2D eigenvalue weighted by Gasteiger charge is 2.21. The molecule has 1 aliphatic heterocycles. The highest BCUT2D eigenvalue weighted by Crippen LogP contribution is 2.19. The SMILES string of the molecule is O=CN1CCN(C(=O)CCc2nc(-c3ccccc3F)no2)CC1. The third-order valence-corrected chi connectivity index (χ3v) is 3.95. The van der Waals surface area contributed by atoms with Crippen molar-refractivity contribution in [3.05, 3.63) is 36.0 Å². The number of carbonyl (C=O) groups excluding carboxylic acids is 2. The van der Waals surface area contributed by atoms with Gasteiger partial charge in [-0.1, -0.05) is 17.3 Å². The standard InChI is InChI=1S/C16H17FN4O3/c17-13-4-2-1-3-12(13)16-18-14(24-19-16)5-6-15(23)21-9-7-20(11-22)8-10-21/h1-4,11H,5-10H2. The minimum Gasteiger partial charge on any atom is -0.342 e. The summed E-state index contributed by atoms with van der Waals surface area (Å²) in [5.74, 6) is 0.0310. The second-order valence-corrected chi connectivity index (χ2v) is 5.51. The molecule has 24 heavy (non-hydrogen) atoms. The summed E-state index contributed by atoms with van der Waals surface area (Å²) in [5.41, 5.74) is 0.267. The summed E-state index contributed by atoms with van der Waals surface area (Å²) in [6, 6.07) is 6.18. The topological polar surface area (TPSA) is 79.5 Å². The van der Waals surface area contributed by atoms with Crippen LogP contribution >= 0.6 is 0 Å². The molecule has 0 radical (unpaired) electrons. The first-order valence-corrected chi connectivity index (χ1v) is 7.72. The van der Waals surface area contributed by atoms with E-state index >= 15 is 0 Å². The highest BCUT2D eigenvalue weighted by molar-refractivity contribution is 5.76. The number of hydrogen-bond acceptors (Lipinski definition) is 5. The van der Waals surface area contributed by atoms with Crippen molar-refractivity contribution in [2.24, 2.45) is 0 Å². The Morgan fingerprint density at radius 3 is 2.71 bits per heavy atom. The predicted octanol–water partition coefficient (Wildman–Crippen LogP) is 1.11. The van der Waals surface area contributed by atoms with Crippen LogP contribution in [0.3, 0.4) is 0 Å². The minimum absolute atomic E-state index is 0.0220. The van der Waals surface area contributed by atoms with Crippen molar-refractivity contribution in [3.63, 3.8) is 0 Å². The molecule has 126 valence electrons. The average Bonchev–Trinajstić information content (AvgIpc) is 3.09. The molecule has 1 fully saturated rings. The molecule has 1 saturated heterocycles. The van der Waals surface area contributed by atoms with Gasteiger partial charge in [0.1, 0.15) is 5.82 Å². The summed E-state index contributed by atoms with van der Waals surface area (Å²) in [5, 5.41) is 3.76. The summed E-state index contributed by atoms with van der Waals surface area (Å²) in [4.78, 5) is 30.3. The summed E-state index contributed by atoms with van der Waals surface area (Å²) in [7, 11) is 0. The molecule has 1 aromatic carbocycles. The molecule has 1 aliphatic rings. The maximum absolute atomic E-state index is 13.7. The molecule has 0 bridgehead atoms. The summed E-state index contributed by atoms with van der Waals surface area (Å²) < 4.78 is 18.8. The summed E-state index contributed by atoms with van der Waals surface area (Å²) in [6.07, 6.45) is 1.33. The molecule has 7 nitrogen and oxygen atoms in total. The van der Waals surface area contributed by atoms with E-state index < -0.39 is 5.82 Å². The predicted molar refractivity (Wildman–Crippen MR) is 82.2 cm³/mol. The van der Waals surface area contributed by atoms with Crippen LogP contribution in [0.2, 0.25) is 0 Å². The van der Waals surface area contributed by atoms with Gasteiger partial charge in [-0.05, 0) is 12.1 Å². The van der Waals surface area contributed by atoms with E-state index in [2.05, 4.69) is 10.1 Å². The average molecular weight is 332 g/mol. The molecule has 0 saturated carbocycles. The van der Waals surface area contributed by atoms with Gasteiger partial charge in [0.25, 0.3) is 0 Å². The lowest BCUT2D eigenvalue weighted by Crippen LogP contribution is -2.48. The quantitative estimate of drug-likeness (QED) is 0.766. The van der Waals surface area contributed by atoms with Crippen LogP contribution in [0.5, 0.6) is 0 Å². The van der Waals surface area contributed by atoms with Crippen molar-refractivity contribution in [1.82, 2.24) is 19.9 Å². The Hall–Kier alpha value is -2.77. The summed E-state index contributed by atoms with van der Waals surface area (Å²) >= 11 is 0. The molecule has 0 unspecified atom stereocenters. The van der Waals surface area contributed by atoms with Gasteiger partial charge in [-0.25, -0.2) is 4.39 Å². The molecule has 0 N–H and O–H groups in total. The third-order valence-electron chi connectivity index (χ3n) is 3.95. The van der Waals surface area contributed by atoms with Crippen molar-refractivity contribution in [3.8, 4) is 11.4 Å². The van der Waals surface area contributed by atoms with Crippen LogP contribution < -0.4 is 0 Å². The number of aromatic nitrogens is 2. The second-order valence-electron chi connectivity index (χ2n) is 5.51. The Morgan fingerprint density at radius 2 is 2.00 bits per heavy atom. The van der Waals surface area contributed by atoms with E-state index in [0.717, 1.165) is 6.41 Å². The fourth-order valence-electron chi connectivity index (χ4n) is 2.56. The van der Waals surface area contributed by atoms with E-state index in [1.54, 1.807) is 28.0 Å². The smallest absolute Gasteiger partial charge is 0.227 e. The lowest BCUT2D eigenvalue weighted by atomic mass is 10.2. The Kier molecular flexibility index (Phi) is 4.83. The molecule has 3 rings (SSSR count). The van der Waals surface area contributed by atoms with Gasteiger partial charge in [-0.2, -0.15) is 4.98 Å². The number of aryl methyl sites for hydroxylation is 1.